The van der Waals surface area contributed by atoms with Gasteiger partial charge in [-0.3, -0.25) is 0 Å². The number of furan rings is 1. The van der Waals surface area contributed by atoms with Gasteiger partial charge in [0.1, 0.15) is 11.3 Å². The molecule has 1 unspecified atom stereocenters. The summed E-state index contributed by atoms with van der Waals surface area (Å²) < 4.78 is 5.99. The van der Waals surface area contributed by atoms with Gasteiger partial charge in [-0.1, -0.05) is 32.0 Å². The van der Waals surface area contributed by atoms with E-state index >= 15 is 0 Å². The summed E-state index contributed by atoms with van der Waals surface area (Å²) in [6, 6.07) is 8.74. The third kappa shape index (κ3) is 2.52. The average Bonchev–Trinajstić information content (AvgIpc) is 2.70. The van der Waals surface area contributed by atoms with Gasteiger partial charge in [0, 0.05) is 5.39 Å². The van der Waals surface area contributed by atoms with Crippen molar-refractivity contribution in [3.8, 4) is 0 Å². The molecule has 1 N–H and O–H groups in total. The highest BCUT2D eigenvalue weighted by atomic mass is 16.3. The molecule has 17 heavy (non-hydrogen) atoms. The smallest absolute Gasteiger partial charge is 0.137 e. The van der Waals surface area contributed by atoms with E-state index in [1.165, 1.54) is 10.9 Å². The highest BCUT2D eigenvalue weighted by Crippen LogP contribution is 2.29. The summed E-state index contributed by atoms with van der Waals surface area (Å²) in [6.45, 7) is 6.56. The predicted molar refractivity (Wildman–Crippen MR) is 72.2 cm³/mol. The number of rotatable bonds is 4. The molecule has 0 radical (unpaired) electrons. The van der Waals surface area contributed by atoms with Crippen LogP contribution in [0.3, 0.4) is 0 Å². The molecule has 2 rings (SSSR count). The zero-order chi connectivity index (χ0) is 12.4. The Labute approximate surface area is 103 Å². The van der Waals surface area contributed by atoms with Gasteiger partial charge in [-0.15, -0.1) is 0 Å². The van der Waals surface area contributed by atoms with Crippen molar-refractivity contribution < 1.29 is 4.42 Å². The summed E-state index contributed by atoms with van der Waals surface area (Å²) in [5.41, 5.74) is 2.22. The zero-order valence-electron chi connectivity index (χ0n) is 11.1. The molecule has 0 bridgehead atoms. The Hall–Kier alpha value is -1.28. The van der Waals surface area contributed by atoms with Crippen LogP contribution in [0, 0.1) is 12.8 Å². The number of aryl methyl sites for hydroxylation is 1. The summed E-state index contributed by atoms with van der Waals surface area (Å²) in [6.07, 6.45) is 1.09. The van der Waals surface area contributed by atoms with Crippen molar-refractivity contribution in [2.24, 2.45) is 5.92 Å². The Bertz CT molecular complexity index is 499. The highest BCUT2D eigenvalue weighted by Gasteiger charge is 2.16. The second kappa shape index (κ2) is 4.92. The lowest BCUT2D eigenvalue weighted by molar-refractivity contribution is 0.389. The van der Waals surface area contributed by atoms with E-state index in [1.54, 1.807) is 0 Å². The second-order valence-corrected chi connectivity index (χ2v) is 5.11. The number of para-hydroxylation sites is 1. The highest BCUT2D eigenvalue weighted by molar-refractivity contribution is 5.80. The molecular weight excluding hydrogens is 210 g/mol. The molecule has 1 aromatic heterocycles. The monoisotopic (exact) mass is 231 g/mol. The van der Waals surface area contributed by atoms with Crippen LogP contribution in [0.25, 0.3) is 11.0 Å². The molecule has 1 heterocycles. The van der Waals surface area contributed by atoms with Crippen molar-refractivity contribution in [1.82, 2.24) is 5.32 Å². The molecule has 0 aliphatic carbocycles. The number of hydrogen-bond acceptors (Lipinski definition) is 2. The Morgan fingerprint density at radius 2 is 2.06 bits per heavy atom. The van der Waals surface area contributed by atoms with Gasteiger partial charge in [0.25, 0.3) is 0 Å². The Balaban J connectivity index is 2.37. The summed E-state index contributed by atoms with van der Waals surface area (Å²) in [5, 5.41) is 4.53. The minimum atomic E-state index is 0.307. The second-order valence-electron chi connectivity index (χ2n) is 5.11. The maximum Gasteiger partial charge on any atom is 0.137 e. The van der Waals surface area contributed by atoms with Crippen molar-refractivity contribution in [2.75, 3.05) is 7.05 Å². The third-order valence-corrected chi connectivity index (χ3v) is 3.16. The van der Waals surface area contributed by atoms with Crippen LogP contribution in [0.15, 0.2) is 28.7 Å². The van der Waals surface area contributed by atoms with Gasteiger partial charge in [-0.05, 0) is 37.9 Å². The van der Waals surface area contributed by atoms with Crippen LogP contribution >= 0.6 is 0 Å². The lowest BCUT2D eigenvalue weighted by Crippen LogP contribution is -2.17. The van der Waals surface area contributed by atoms with E-state index in [-0.39, 0.29) is 0 Å². The number of hydrogen-bond donors (Lipinski definition) is 1. The van der Waals surface area contributed by atoms with E-state index in [9.17, 15) is 0 Å². The van der Waals surface area contributed by atoms with E-state index in [0.717, 1.165) is 17.8 Å². The molecule has 0 fully saturated rings. The van der Waals surface area contributed by atoms with Gasteiger partial charge in [0.2, 0.25) is 0 Å². The SMILES string of the molecule is CNC(CC(C)C)c1cc2cccc(C)c2o1. The molecule has 0 aliphatic heterocycles. The standard InChI is InChI=1S/C15H21NO/c1-10(2)8-13(16-4)14-9-12-7-5-6-11(3)15(12)17-14/h5-7,9-10,13,16H,8H2,1-4H3. The van der Waals surface area contributed by atoms with E-state index < -0.39 is 0 Å². The van der Waals surface area contributed by atoms with Gasteiger partial charge < -0.3 is 9.73 Å². The fraction of sp³-hybridized carbons (Fsp3) is 0.467. The average molecular weight is 231 g/mol. The minimum Gasteiger partial charge on any atom is -0.459 e. The lowest BCUT2D eigenvalue weighted by atomic mass is 10.0. The molecule has 92 valence electrons. The summed E-state index contributed by atoms with van der Waals surface area (Å²) >= 11 is 0. The van der Waals surface area contributed by atoms with Crippen LogP contribution in [-0.2, 0) is 0 Å². The van der Waals surface area contributed by atoms with Gasteiger partial charge in [-0.25, -0.2) is 0 Å². The first-order valence-corrected chi connectivity index (χ1v) is 6.28. The maximum atomic E-state index is 5.99. The molecular formula is C15H21NO. The van der Waals surface area contributed by atoms with Crippen molar-refractivity contribution in [3.63, 3.8) is 0 Å². The predicted octanol–water partition coefficient (Wildman–Crippen LogP) is 4.05. The van der Waals surface area contributed by atoms with Crippen LogP contribution in [0.2, 0.25) is 0 Å². The van der Waals surface area contributed by atoms with Gasteiger partial charge >= 0.3 is 0 Å². The van der Waals surface area contributed by atoms with Crippen LogP contribution in [0.1, 0.15) is 37.6 Å². The zero-order valence-corrected chi connectivity index (χ0v) is 11.1. The molecule has 0 saturated heterocycles. The van der Waals surface area contributed by atoms with Crippen molar-refractivity contribution in [1.29, 1.82) is 0 Å². The molecule has 2 nitrogen and oxygen atoms in total. The van der Waals surface area contributed by atoms with E-state index in [2.05, 4.69) is 50.4 Å². The van der Waals surface area contributed by atoms with E-state index in [1.807, 2.05) is 7.05 Å². The number of fused-ring (bicyclic) bond motifs is 1. The molecule has 1 aromatic carbocycles. The van der Waals surface area contributed by atoms with Gasteiger partial charge in [0.15, 0.2) is 0 Å². The topological polar surface area (TPSA) is 25.2 Å². The van der Waals surface area contributed by atoms with Crippen molar-refractivity contribution in [3.05, 3.63) is 35.6 Å². The third-order valence-electron chi connectivity index (χ3n) is 3.16. The number of benzene rings is 1. The summed E-state index contributed by atoms with van der Waals surface area (Å²) in [5.74, 6) is 1.70. The fourth-order valence-electron chi connectivity index (χ4n) is 2.25. The Morgan fingerprint density at radius 1 is 1.29 bits per heavy atom. The normalized spacial score (nSPS) is 13.5. The summed E-state index contributed by atoms with van der Waals surface area (Å²) in [7, 11) is 1.99. The molecule has 0 amide bonds. The van der Waals surface area contributed by atoms with Crippen LogP contribution in [0.5, 0.6) is 0 Å². The summed E-state index contributed by atoms with van der Waals surface area (Å²) in [4.78, 5) is 0. The Morgan fingerprint density at radius 3 is 2.65 bits per heavy atom. The van der Waals surface area contributed by atoms with Crippen molar-refractivity contribution >= 4 is 11.0 Å². The van der Waals surface area contributed by atoms with Gasteiger partial charge in [-0.2, -0.15) is 0 Å². The minimum absolute atomic E-state index is 0.307. The van der Waals surface area contributed by atoms with Gasteiger partial charge in [0.05, 0.1) is 6.04 Å². The molecule has 0 saturated carbocycles. The molecule has 0 aliphatic rings. The van der Waals surface area contributed by atoms with E-state index in [0.29, 0.717) is 12.0 Å². The first-order chi connectivity index (χ1) is 8.11. The fourth-order valence-corrected chi connectivity index (χ4v) is 2.25. The molecule has 1 atom stereocenters. The van der Waals surface area contributed by atoms with E-state index in [4.69, 9.17) is 4.42 Å². The molecule has 2 aromatic rings. The first-order valence-electron chi connectivity index (χ1n) is 6.28. The van der Waals surface area contributed by atoms with Crippen molar-refractivity contribution in [2.45, 2.75) is 33.2 Å². The molecule has 0 spiro atoms. The first kappa shape index (κ1) is 12.2. The van der Waals surface area contributed by atoms with Crippen LogP contribution in [0.4, 0.5) is 0 Å². The Kier molecular flexibility index (Phi) is 3.53. The molecule has 2 heteroatoms. The van der Waals surface area contributed by atoms with Crippen LogP contribution in [-0.4, -0.2) is 7.05 Å². The van der Waals surface area contributed by atoms with Crippen LogP contribution < -0.4 is 5.32 Å². The maximum absolute atomic E-state index is 5.99. The largest absolute Gasteiger partial charge is 0.459 e. The lowest BCUT2D eigenvalue weighted by Gasteiger charge is -2.15. The number of nitrogens with one attached hydrogen (secondary N) is 1. The quantitative estimate of drug-likeness (QED) is 0.858.